The lowest BCUT2D eigenvalue weighted by Crippen LogP contribution is -2.19. The van der Waals surface area contributed by atoms with Crippen LogP contribution >= 0.6 is 11.8 Å². The third-order valence-corrected chi connectivity index (χ3v) is 3.81. The van der Waals surface area contributed by atoms with Crippen LogP contribution in [-0.2, 0) is 13.0 Å². The third kappa shape index (κ3) is 3.49. The molecule has 0 amide bonds. The highest BCUT2D eigenvalue weighted by Gasteiger charge is 2.13. The van der Waals surface area contributed by atoms with Gasteiger partial charge in [0, 0.05) is 18.8 Å². The summed E-state index contributed by atoms with van der Waals surface area (Å²) in [6.45, 7) is 4.63. The lowest BCUT2D eigenvalue weighted by Gasteiger charge is -2.10. The zero-order chi connectivity index (χ0) is 14.5. The molecule has 0 aliphatic heterocycles. The summed E-state index contributed by atoms with van der Waals surface area (Å²) in [5.41, 5.74) is 6.75. The van der Waals surface area contributed by atoms with Crippen molar-refractivity contribution < 1.29 is 0 Å². The van der Waals surface area contributed by atoms with Crippen molar-refractivity contribution >= 4 is 11.8 Å². The van der Waals surface area contributed by atoms with Crippen molar-refractivity contribution in [3.63, 3.8) is 0 Å². The Morgan fingerprint density at radius 1 is 1.55 bits per heavy atom. The molecule has 2 heterocycles. The lowest BCUT2D eigenvalue weighted by molar-refractivity contribution is 0.603. The molecule has 6 nitrogen and oxygen atoms in total. The van der Waals surface area contributed by atoms with Gasteiger partial charge >= 0.3 is 5.69 Å². The Labute approximate surface area is 121 Å². The summed E-state index contributed by atoms with van der Waals surface area (Å²) in [6.07, 6.45) is 3.36. The second kappa shape index (κ2) is 6.71. The number of rotatable bonds is 6. The molecule has 0 fully saturated rings. The van der Waals surface area contributed by atoms with Gasteiger partial charge in [-0.25, -0.2) is 14.9 Å². The van der Waals surface area contributed by atoms with E-state index in [0.29, 0.717) is 11.7 Å². The van der Waals surface area contributed by atoms with E-state index in [1.54, 1.807) is 10.8 Å². The second-order valence-electron chi connectivity index (χ2n) is 4.71. The van der Waals surface area contributed by atoms with Gasteiger partial charge in [-0.3, -0.25) is 4.57 Å². The molecule has 20 heavy (non-hydrogen) atoms. The molecule has 0 saturated carbocycles. The summed E-state index contributed by atoms with van der Waals surface area (Å²) in [5, 5.41) is 8.04. The maximum atomic E-state index is 11.7. The standard InChI is InChI=1S/C13H19N5OS/c1-3-7-18-12(19)16-17-13(18)20-11-10(8-9(2)14)5-4-6-15-11/h4-6,9H,3,7-8,14H2,1-2H3,(H,16,19). The van der Waals surface area contributed by atoms with Gasteiger partial charge in [-0.05, 0) is 43.2 Å². The SMILES string of the molecule is CCCn1c(Sc2ncccc2CC(C)N)n[nH]c1=O. The molecule has 0 aliphatic rings. The predicted molar refractivity (Wildman–Crippen MR) is 78.9 cm³/mol. The number of nitrogens with one attached hydrogen (secondary N) is 1. The minimum atomic E-state index is -0.181. The maximum absolute atomic E-state index is 11.7. The van der Waals surface area contributed by atoms with Crippen molar-refractivity contribution in [3.05, 3.63) is 34.4 Å². The summed E-state index contributed by atoms with van der Waals surface area (Å²) in [4.78, 5) is 16.0. The van der Waals surface area contributed by atoms with Crippen LogP contribution in [0.15, 0.2) is 33.3 Å². The molecule has 0 radical (unpaired) electrons. The van der Waals surface area contributed by atoms with Gasteiger partial charge in [0.25, 0.3) is 0 Å². The van der Waals surface area contributed by atoms with Crippen LogP contribution < -0.4 is 11.4 Å². The number of aromatic amines is 1. The third-order valence-electron chi connectivity index (χ3n) is 2.75. The van der Waals surface area contributed by atoms with E-state index in [1.807, 2.05) is 26.0 Å². The van der Waals surface area contributed by atoms with E-state index in [-0.39, 0.29) is 11.7 Å². The Morgan fingerprint density at radius 2 is 2.35 bits per heavy atom. The molecule has 108 valence electrons. The highest BCUT2D eigenvalue weighted by atomic mass is 32.2. The minimum absolute atomic E-state index is 0.0653. The molecule has 0 aliphatic carbocycles. The van der Waals surface area contributed by atoms with E-state index in [4.69, 9.17) is 5.73 Å². The van der Waals surface area contributed by atoms with Gasteiger partial charge in [-0.1, -0.05) is 13.0 Å². The van der Waals surface area contributed by atoms with Crippen LogP contribution in [0.2, 0.25) is 0 Å². The van der Waals surface area contributed by atoms with Crippen molar-refractivity contribution in [2.24, 2.45) is 5.73 Å². The number of H-pyrrole nitrogens is 1. The summed E-state index contributed by atoms with van der Waals surface area (Å²) >= 11 is 1.40. The van der Waals surface area contributed by atoms with Gasteiger partial charge in [0.2, 0.25) is 0 Å². The number of aromatic nitrogens is 4. The van der Waals surface area contributed by atoms with Crippen LogP contribution in [0.4, 0.5) is 0 Å². The first kappa shape index (κ1) is 14.8. The Bertz CT molecular complexity index is 619. The van der Waals surface area contributed by atoms with Gasteiger partial charge in [0.15, 0.2) is 5.16 Å². The Morgan fingerprint density at radius 3 is 3.05 bits per heavy atom. The molecule has 2 aromatic heterocycles. The van der Waals surface area contributed by atoms with Crippen molar-refractivity contribution in [2.45, 2.75) is 49.5 Å². The highest BCUT2D eigenvalue weighted by molar-refractivity contribution is 7.99. The van der Waals surface area contributed by atoms with E-state index in [1.165, 1.54) is 11.8 Å². The monoisotopic (exact) mass is 293 g/mol. The zero-order valence-electron chi connectivity index (χ0n) is 11.7. The molecular formula is C13H19N5OS. The van der Waals surface area contributed by atoms with Gasteiger partial charge in [-0.15, -0.1) is 5.10 Å². The summed E-state index contributed by atoms with van der Waals surface area (Å²) in [5.74, 6) is 0. The molecule has 3 N–H and O–H groups in total. The molecule has 0 aromatic carbocycles. The van der Waals surface area contributed by atoms with Crippen molar-refractivity contribution in [3.8, 4) is 0 Å². The van der Waals surface area contributed by atoms with Gasteiger partial charge in [0.1, 0.15) is 5.03 Å². The van der Waals surface area contributed by atoms with Gasteiger partial charge < -0.3 is 5.73 Å². The Hall–Kier alpha value is -1.60. The average molecular weight is 293 g/mol. The van der Waals surface area contributed by atoms with E-state index in [2.05, 4.69) is 15.2 Å². The second-order valence-corrected chi connectivity index (χ2v) is 5.67. The van der Waals surface area contributed by atoms with Gasteiger partial charge in [0.05, 0.1) is 0 Å². The van der Waals surface area contributed by atoms with Crippen LogP contribution in [0.1, 0.15) is 25.8 Å². The van der Waals surface area contributed by atoms with Crippen molar-refractivity contribution in [1.82, 2.24) is 19.7 Å². The molecule has 1 unspecified atom stereocenters. The normalized spacial score (nSPS) is 12.6. The first-order valence-corrected chi connectivity index (χ1v) is 7.46. The molecule has 2 aromatic rings. The van der Waals surface area contributed by atoms with Crippen molar-refractivity contribution in [1.29, 1.82) is 0 Å². The number of nitrogens with zero attached hydrogens (tertiary/aromatic N) is 3. The molecular weight excluding hydrogens is 274 g/mol. The largest absolute Gasteiger partial charge is 0.343 e. The van der Waals surface area contributed by atoms with Gasteiger partial charge in [-0.2, -0.15) is 0 Å². The van der Waals surface area contributed by atoms with Crippen LogP contribution in [-0.4, -0.2) is 25.8 Å². The summed E-state index contributed by atoms with van der Waals surface area (Å²) < 4.78 is 1.63. The fraction of sp³-hybridized carbons (Fsp3) is 0.462. The summed E-state index contributed by atoms with van der Waals surface area (Å²) in [7, 11) is 0. The van der Waals surface area contributed by atoms with E-state index in [9.17, 15) is 4.79 Å². The fourth-order valence-corrected chi connectivity index (χ4v) is 2.85. The minimum Gasteiger partial charge on any atom is -0.328 e. The fourth-order valence-electron chi connectivity index (χ4n) is 1.91. The Kier molecular flexibility index (Phi) is 4.97. The highest BCUT2D eigenvalue weighted by Crippen LogP contribution is 2.26. The van der Waals surface area contributed by atoms with Crippen LogP contribution in [0, 0.1) is 0 Å². The van der Waals surface area contributed by atoms with Crippen molar-refractivity contribution in [2.75, 3.05) is 0 Å². The Balaban J connectivity index is 2.28. The smallest absolute Gasteiger partial charge is 0.328 e. The number of hydrogen-bond donors (Lipinski definition) is 2. The first-order chi connectivity index (χ1) is 9.61. The van der Waals surface area contributed by atoms with Crippen LogP contribution in [0.25, 0.3) is 0 Å². The molecule has 0 saturated heterocycles. The van der Waals surface area contributed by atoms with Crippen LogP contribution in [0.5, 0.6) is 0 Å². The number of hydrogen-bond acceptors (Lipinski definition) is 5. The average Bonchev–Trinajstić information content (AvgIpc) is 2.74. The van der Waals surface area contributed by atoms with E-state index in [0.717, 1.165) is 23.4 Å². The maximum Gasteiger partial charge on any atom is 0.343 e. The first-order valence-electron chi connectivity index (χ1n) is 6.64. The quantitative estimate of drug-likeness (QED) is 0.840. The molecule has 0 bridgehead atoms. The number of nitrogens with two attached hydrogens (primary N) is 1. The predicted octanol–water partition coefficient (Wildman–Crippen LogP) is 1.42. The van der Waals surface area contributed by atoms with E-state index >= 15 is 0 Å². The summed E-state index contributed by atoms with van der Waals surface area (Å²) in [6, 6.07) is 3.97. The molecule has 2 rings (SSSR count). The van der Waals surface area contributed by atoms with E-state index < -0.39 is 0 Å². The topological polar surface area (TPSA) is 89.6 Å². The molecule has 1 atom stereocenters. The lowest BCUT2D eigenvalue weighted by atomic mass is 10.1. The molecule has 7 heteroatoms. The van der Waals surface area contributed by atoms with Crippen LogP contribution in [0.3, 0.4) is 0 Å². The number of pyridine rings is 1. The zero-order valence-corrected chi connectivity index (χ0v) is 12.5. The molecule has 0 spiro atoms.